The van der Waals surface area contributed by atoms with E-state index in [2.05, 4.69) is 10.6 Å². The van der Waals surface area contributed by atoms with Crippen LogP contribution in [0.15, 0.2) is 0 Å². The molecule has 0 aromatic rings. The Bertz CT molecular complexity index is 224. The van der Waals surface area contributed by atoms with Gasteiger partial charge in [0.05, 0.1) is 12.6 Å². The van der Waals surface area contributed by atoms with E-state index in [1.807, 2.05) is 0 Å². The van der Waals surface area contributed by atoms with E-state index in [1.165, 1.54) is 4.90 Å². The third kappa shape index (κ3) is 2.70. The molecule has 1 aliphatic heterocycles. The number of hydrogen-bond donors (Lipinski definition) is 2. The summed E-state index contributed by atoms with van der Waals surface area (Å²) in [6.45, 7) is 1.03. The van der Waals surface area contributed by atoms with Crippen molar-refractivity contribution in [3.63, 3.8) is 0 Å². The van der Waals surface area contributed by atoms with Crippen LogP contribution in [-0.2, 0) is 9.59 Å². The molecule has 0 saturated carbocycles. The zero-order chi connectivity index (χ0) is 10.6. The van der Waals surface area contributed by atoms with E-state index >= 15 is 0 Å². The van der Waals surface area contributed by atoms with Gasteiger partial charge in [-0.1, -0.05) is 0 Å². The van der Waals surface area contributed by atoms with Gasteiger partial charge in [-0.15, -0.1) is 0 Å². The van der Waals surface area contributed by atoms with E-state index in [-0.39, 0.29) is 24.4 Å². The van der Waals surface area contributed by atoms with Gasteiger partial charge in [0.15, 0.2) is 0 Å². The number of nitrogens with zero attached hydrogens (tertiary/aromatic N) is 1. The van der Waals surface area contributed by atoms with E-state index in [4.69, 9.17) is 0 Å². The van der Waals surface area contributed by atoms with Gasteiger partial charge in [0.25, 0.3) is 0 Å². The molecule has 1 rings (SSSR count). The number of carbonyl (C=O) groups excluding carboxylic acids is 2. The second kappa shape index (κ2) is 4.95. The van der Waals surface area contributed by atoms with Gasteiger partial charge in [0, 0.05) is 14.1 Å². The highest BCUT2D eigenvalue weighted by Gasteiger charge is 2.25. The zero-order valence-corrected chi connectivity index (χ0v) is 8.67. The topological polar surface area (TPSA) is 61.4 Å². The Morgan fingerprint density at radius 2 is 2.29 bits per heavy atom. The molecule has 1 atom stereocenters. The van der Waals surface area contributed by atoms with Gasteiger partial charge in [-0.05, 0) is 19.4 Å². The van der Waals surface area contributed by atoms with Crippen molar-refractivity contribution >= 4 is 11.8 Å². The van der Waals surface area contributed by atoms with Crippen LogP contribution in [0.4, 0.5) is 0 Å². The Labute approximate surface area is 83.8 Å². The predicted octanol–water partition coefficient (Wildman–Crippen LogP) is -1.06. The largest absolute Gasteiger partial charge is 0.358 e. The van der Waals surface area contributed by atoms with Crippen molar-refractivity contribution in [1.29, 1.82) is 0 Å². The second-order valence-electron chi connectivity index (χ2n) is 3.52. The normalized spacial score (nSPS) is 20.6. The summed E-state index contributed by atoms with van der Waals surface area (Å²) in [4.78, 5) is 24.2. The number of likely N-dealkylation sites (N-methyl/N-ethyl adjacent to an activating group) is 2. The Kier molecular flexibility index (Phi) is 3.88. The predicted molar refractivity (Wildman–Crippen MR) is 52.7 cm³/mol. The van der Waals surface area contributed by atoms with Crippen molar-refractivity contribution in [2.24, 2.45) is 0 Å². The van der Waals surface area contributed by atoms with Crippen LogP contribution >= 0.6 is 0 Å². The van der Waals surface area contributed by atoms with Crippen LogP contribution in [0, 0.1) is 0 Å². The van der Waals surface area contributed by atoms with E-state index < -0.39 is 0 Å². The summed E-state index contributed by atoms with van der Waals surface area (Å²) < 4.78 is 0. The minimum atomic E-state index is -0.140. The van der Waals surface area contributed by atoms with Gasteiger partial charge in [0.1, 0.15) is 0 Å². The van der Waals surface area contributed by atoms with Crippen LogP contribution in [0.1, 0.15) is 12.8 Å². The van der Waals surface area contributed by atoms with Crippen molar-refractivity contribution in [2.45, 2.75) is 18.9 Å². The quantitative estimate of drug-likeness (QED) is 0.609. The molecule has 0 aliphatic carbocycles. The summed E-state index contributed by atoms with van der Waals surface area (Å²) in [7, 11) is 3.21. The number of amides is 2. The number of hydrogen-bond acceptors (Lipinski definition) is 3. The Balaban J connectivity index is 2.39. The maximum absolute atomic E-state index is 11.7. The lowest BCUT2D eigenvalue weighted by Gasteiger charge is -2.20. The molecule has 0 bridgehead atoms. The Hall–Kier alpha value is -1.10. The summed E-state index contributed by atoms with van der Waals surface area (Å²) in [5.41, 5.74) is 0. The van der Waals surface area contributed by atoms with Crippen LogP contribution in [0.5, 0.6) is 0 Å². The molecule has 14 heavy (non-hydrogen) atoms. The van der Waals surface area contributed by atoms with E-state index in [0.29, 0.717) is 0 Å². The molecule has 2 amide bonds. The minimum Gasteiger partial charge on any atom is -0.358 e. The summed E-state index contributed by atoms with van der Waals surface area (Å²) in [6.07, 6.45) is 1.90. The first-order valence-electron chi connectivity index (χ1n) is 4.84. The molecule has 1 aliphatic rings. The first kappa shape index (κ1) is 11.0. The average molecular weight is 199 g/mol. The highest BCUT2D eigenvalue weighted by atomic mass is 16.2. The lowest BCUT2D eigenvalue weighted by atomic mass is 10.2. The fourth-order valence-electron chi connectivity index (χ4n) is 1.53. The van der Waals surface area contributed by atoms with Crippen molar-refractivity contribution in [1.82, 2.24) is 15.5 Å². The van der Waals surface area contributed by atoms with Crippen LogP contribution in [-0.4, -0.2) is 49.9 Å². The monoisotopic (exact) mass is 199 g/mol. The third-order valence-corrected chi connectivity index (χ3v) is 2.39. The molecular formula is C9H17N3O2. The molecule has 5 nitrogen and oxygen atoms in total. The van der Waals surface area contributed by atoms with Crippen LogP contribution in [0.3, 0.4) is 0 Å². The molecular weight excluding hydrogens is 182 g/mol. The maximum atomic E-state index is 11.7. The van der Waals surface area contributed by atoms with Crippen LogP contribution in [0.25, 0.3) is 0 Å². The standard InChI is InChI=1S/C9H17N3O2/c1-10-8(13)6-12(2)9(14)7-4-3-5-11-7/h7,11H,3-6H2,1-2H3,(H,10,13)/t7-/m0/s1. The van der Waals surface area contributed by atoms with Crippen LogP contribution < -0.4 is 10.6 Å². The van der Waals surface area contributed by atoms with Gasteiger partial charge in [-0.2, -0.15) is 0 Å². The first-order valence-corrected chi connectivity index (χ1v) is 4.84. The van der Waals surface area contributed by atoms with Crippen molar-refractivity contribution < 1.29 is 9.59 Å². The van der Waals surface area contributed by atoms with E-state index in [9.17, 15) is 9.59 Å². The summed E-state index contributed by atoms with van der Waals surface area (Å²) in [6, 6.07) is -0.0929. The van der Waals surface area contributed by atoms with Crippen molar-refractivity contribution in [2.75, 3.05) is 27.2 Å². The Morgan fingerprint density at radius 3 is 2.79 bits per heavy atom. The third-order valence-electron chi connectivity index (χ3n) is 2.39. The molecule has 0 aromatic carbocycles. The lowest BCUT2D eigenvalue weighted by molar-refractivity contribution is -0.135. The van der Waals surface area contributed by atoms with Gasteiger partial charge >= 0.3 is 0 Å². The second-order valence-corrected chi connectivity index (χ2v) is 3.52. The average Bonchev–Trinajstić information content (AvgIpc) is 2.69. The van der Waals surface area contributed by atoms with Gasteiger partial charge in [-0.3, -0.25) is 9.59 Å². The molecule has 2 N–H and O–H groups in total. The smallest absolute Gasteiger partial charge is 0.239 e. The molecule has 1 saturated heterocycles. The number of nitrogens with one attached hydrogen (secondary N) is 2. The number of carbonyl (C=O) groups is 2. The fourth-order valence-corrected chi connectivity index (χ4v) is 1.53. The summed E-state index contributed by atoms with van der Waals surface area (Å²) in [5, 5.41) is 5.59. The molecule has 1 fully saturated rings. The molecule has 80 valence electrons. The van der Waals surface area contributed by atoms with E-state index in [0.717, 1.165) is 19.4 Å². The maximum Gasteiger partial charge on any atom is 0.239 e. The SMILES string of the molecule is CNC(=O)CN(C)C(=O)[C@@H]1CCCN1. The molecule has 0 spiro atoms. The summed E-state index contributed by atoms with van der Waals surface area (Å²) >= 11 is 0. The van der Waals surface area contributed by atoms with E-state index in [1.54, 1.807) is 14.1 Å². The van der Waals surface area contributed by atoms with Gasteiger partial charge < -0.3 is 15.5 Å². The highest BCUT2D eigenvalue weighted by Crippen LogP contribution is 2.07. The van der Waals surface area contributed by atoms with Gasteiger partial charge in [-0.25, -0.2) is 0 Å². The van der Waals surface area contributed by atoms with Crippen LogP contribution in [0.2, 0.25) is 0 Å². The molecule has 1 heterocycles. The fraction of sp³-hybridized carbons (Fsp3) is 0.778. The first-order chi connectivity index (χ1) is 6.65. The summed E-state index contributed by atoms with van der Waals surface area (Å²) in [5.74, 6) is -0.134. The molecule has 0 unspecified atom stereocenters. The molecule has 5 heteroatoms. The highest BCUT2D eigenvalue weighted by molar-refractivity contribution is 5.87. The molecule has 0 aromatic heterocycles. The van der Waals surface area contributed by atoms with Gasteiger partial charge in [0.2, 0.25) is 11.8 Å². The Morgan fingerprint density at radius 1 is 1.57 bits per heavy atom. The van der Waals surface area contributed by atoms with Crippen molar-refractivity contribution in [3.8, 4) is 0 Å². The molecule has 0 radical (unpaired) electrons. The van der Waals surface area contributed by atoms with Crippen molar-refractivity contribution in [3.05, 3.63) is 0 Å². The number of rotatable bonds is 3. The zero-order valence-electron chi connectivity index (χ0n) is 8.67. The lowest BCUT2D eigenvalue weighted by Crippen LogP contribution is -2.45. The minimum absolute atomic E-state index is 0.00565.